The Morgan fingerprint density at radius 2 is 1.94 bits per heavy atom. The molecule has 0 saturated carbocycles. The summed E-state index contributed by atoms with van der Waals surface area (Å²) in [7, 11) is 0. The molecule has 0 aliphatic rings. The summed E-state index contributed by atoms with van der Waals surface area (Å²) in [6.45, 7) is 2.11. The molecular formula is C12H11ClN2O. The van der Waals surface area contributed by atoms with E-state index < -0.39 is 0 Å². The number of halogens is 1. The topological polar surface area (TPSA) is 35.0 Å². The number of ether oxygens (including phenoxy) is 1. The maximum atomic E-state index is 5.71. The number of aryl methyl sites for hydroxylation is 1. The molecule has 0 bridgehead atoms. The van der Waals surface area contributed by atoms with Crippen molar-refractivity contribution in [2.24, 2.45) is 0 Å². The summed E-state index contributed by atoms with van der Waals surface area (Å²) in [5, 5.41) is 0.322. The number of hydrogen-bond acceptors (Lipinski definition) is 3. The number of aromatic nitrogens is 2. The maximum Gasteiger partial charge on any atom is 0.239 e. The molecule has 0 N–H and O–H groups in total. The summed E-state index contributed by atoms with van der Waals surface area (Å²) in [6, 6.07) is 7.85. The molecule has 1 heterocycles. The van der Waals surface area contributed by atoms with Crippen LogP contribution in [0.4, 0.5) is 0 Å². The number of benzene rings is 1. The van der Waals surface area contributed by atoms with E-state index in [2.05, 4.69) is 16.9 Å². The van der Waals surface area contributed by atoms with Gasteiger partial charge in [0.05, 0.1) is 12.4 Å². The molecule has 3 nitrogen and oxygen atoms in total. The molecule has 0 amide bonds. The fraction of sp³-hybridized carbons (Fsp3) is 0.167. The molecule has 0 radical (unpaired) electrons. The van der Waals surface area contributed by atoms with Gasteiger partial charge in [0.15, 0.2) is 5.15 Å². The Morgan fingerprint density at radius 3 is 2.56 bits per heavy atom. The first kappa shape index (κ1) is 10.9. The van der Waals surface area contributed by atoms with Crippen molar-refractivity contribution in [2.75, 3.05) is 0 Å². The van der Waals surface area contributed by atoms with Crippen LogP contribution in [0.25, 0.3) is 0 Å². The van der Waals surface area contributed by atoms with Crippen molar-refractivity contribution >= 4 is 11.6 Å². The van der Waals surface area contributed by atoms with E-state index in [1.165, 1.54) is 18.0 Å². The molecular weight excluding hydrogens is 224 g/mol. The lowest BCUT2D eigenvalue weighted by Crippen LogP contribution is -1.89. The van der Waals surface area contributed by atoms with Crippen molar-refractivity contribution in [3.05, 3.63) is 47.4 Å². The lowest BCUT2D eigenvalue weighted by Gasteiger charge is -2.04. The minimum atomic E-state index is 0.322. The average Bonchev–Trinajstić information content (AvgIpc) is 2.30. The van der Waals surface area contributed by atoms with Crippen LogP contribution in [0.5, 0.6) is 11.6 Å². The summed E-state index contributed by atoms with van der Waals surface area (Å²) in [4.78, 5) is 7.89. The van der Waals surface area contributed by atoms with Crippen LogP contribution >= 0.6 is 11.6 Å². The van der Waals surface area contributed by atoms with Gasteiger partial charge in [0.1, 0.15) is 5.75 Å². The van der Waals surface area contributed by atoms with E-state index in [1.807, 2.05) is 24.3 Å². The Kier molecular flexibility index (Phi) is 3.37. The summed E-state index contributed by atoms with van der Waals surface area (Å²) in [6.07, 6.45) is 4.01. The van der Waals surface area contributed by atoms with Crippen molar-refractivity contribution in [1.82, 2.24) is 9.97 Å². The molecule has 0 saturated heterocycles. The molecule has 2 aromatic rings. The van der Waals surface area contributed by atoms with Crippen LogP contribution in [0.2, 0.25) is 5.15 Å². The van der Waals surface area contributed by atoms with Gasteiger partial charge in [0, 0.05) is 0 Å². The molecule has 0 aliphatic carbocycles. The second-order valence-electron chi connectivity index (χ2n) is 3.28. The highest BCUT2D eigenvalue weighted by Crippen LogP contribution is 2.20. The van der Waals surface area contributed by atoms with Gasteiger partial charge < -0.3 is 4.74 Å². The summed E-state index contributed by atoms with van der Waals surface area (Å²) >= 11 is 5.71. The van der Waals surface area contributed by atoms with Crippen molar-refractivity contribution in [3.63, 3.8) is 0 Å². The average molecular weight is 235 g/mol. The summed E-state index contributed by atoms with van der Waals surface area (Å²) in [5.41, 5.74) is 1.27. The first-order valence-electron chi connectivity index (χ1n) is 5.02. The van der Waals surface area contributed by atoms with Gasteiger partial charge >= 0.3 is 0 Å². The van der Waals surface area contributed by atoms with E-state index in [0.717, 1.165) is 12.2 Å². The molecule has 82 valence electrons. The predicted molar refractivity (Wildman–Crippen MR) is 62.9 cm³/mol. The molecule has 0 fully saturated rings. The summed E-state index contributed by atoms with van der Waals surface area (Å²) < 4.78 is 5.50. The zero-order valence-corrected chi connectivity index (χ0v) is 9.61. The van der Waals surface area contributed by atoms with Crippen LogP contribution in [-0.4, -0.2) is 9.97 Å². The van der Waals surface area contributed by atoms with Crippen molar-refractivity contribution in [2.45, 2.75) is 13.3 Å². The van der Waals surface area contributed by atoms with Gasteiger partial charge in [-0.25, -0.2) is 0 Å². The number of hydrogen-bond donors (Lipinski definition) is 0. The van der Waals surface area contributed by atoms with Gasteiger partial charge in [0.2, 0.25) is 5.88 Å². The fourth-order valence-electron chi connectivity index (χ4n) is 1.29. The monoisotopic (exact) mass is 234 g/mol. The Hall–Kier alpha value is -1.61. The van der Waals surface area contributed by atoms with Crippen LogP contribution in [0.1, 0.15) is 12.5 Å². The summed E-state index contributed by atoms with van der Waals surface area (Å²) in [5.74, 6) is 1.13. The molecule has 2 rings (SSSR count). The Labute approximate surface area is 99.1 Å². The highest BCUT2D eigenvalue weighted by molar-refractivity contribution is 6.29. The quantitative estimate of drug-likeness (QED) is 0.816. The molecule has 1 aromatic heterocycles. The first-order chi connectivity index (χ1) is 7.78. The minimum absolute atomic E-state index is 0.322. The third-order valence-corrected chi connectivity index (χ3v) is 2.32. The second kappa shape index (κ2) is 4.94. The first-order valence-corrected chi connectivity index (χ1v) is 5.40. The SMILES string of the molecule is CCc1ccc(Oc2cncc(Cl)n2)cc1. The van der Waals surface area contributed by atoms with Crippen LogP contribution < -0.4 is 4.74 Å². The van der Waals surface area contributed by atoms with E-state index in [0.29, 0.717) is 11.0 Å². The zero-order valence-electron chi connectivity index (χ0n) is 8.85. The van der Waals surface area contributed by atoms with Gasteiger partial charge in [-0.15, -0.1) is 0 Å². The maximum absolute atomic E-state index is 5.71. The highest BCUT2D eigenvalue weighted by atomic mass is 35.5. The van der Waals surface area contributed by atoms with Crippen molar-refractivity contribution in [1.29, 1.82) is 0 Å². The number of rotatable bonds is 3. The van der Waals surface area contributed by atoms with E-state index >= 15 is 0 Å². The Balaban J connectivity index is 2.14. The standard InChI is InChI=1S/C12H11ClN2O/c1-2-9-3-5-10(6-4-9)16-12-8-14-7-11(13)15-12/h3-8H,2H2,1H3. The van der Waals surface area contributed by atoms with E-state index in [9.17, 15) is 0 Å². The lowest BCUT2D eigenvalue weighted by atomic mass is 10.2. The Bertz CT molecular complexity index is 471. The molecule has 0 spiro atoms. The Morgan fingerprint density at radius 1 is 1.19 bits per heavy atom. The minimum Gasteiger partial charge on any atom is -0.437 e. The van der Waals surface area contributed by atoms with E-state index in [1.54, 1.807) is 0 Å². The van der Waals surface area contributed by atoms with Gasteiger partial charge in [-0.1, -0.05) is 30.7 Å². The lowest BCUT2D eigenvalue weighted by molar-refractivity contribution is 0.460. The van der Waals surface area contributed by atoms with E-state index in [4.69, 9.17) is 16.3 Å². The van der Waals surface area contributed by atoms with Crippen molar-refractivity contribution in [3.8, 4) is 11.6 Å². The molecule has 1 aromatic carbocycles. The third-order valence-electron chi connectivity index (χ3n) is 2.14. The zero-order chi connectivity index (χ0) is 11.4. The van der Waals surface area contributed by atoms with Gasteiger partial charge in [-0.05, 0) is 24.1 Å². The second-order valence-corrected chi connectivity index (χ2v) is 3.67. The van der Waals surface area contributed by atoms with Crippen molar-refractivity contribution < 1.29 is 4.74 Å². The largest absolute Gasteiger partial charge is 0.437 e. The van der Waals surface area contributed by atoms with Crippen LogP contribution in [-0.2, 0) is 6.42 Å². The smallest absolute Gasteiger partial charge is 0.239 e. The fourth-order valence-corrected chi connectivity index (χ4v) is 1.43. The molecule has 0 atom stereocenters. The van der Waals surface area contributed by atoms with E-state index in [-0.39, 0.29) is 0 Å². The van der Waals surface area contributed by atoms with Gasteiger partial charge in [-0.3, -0.25) is 4.98 Å². The highest BCUT2D eigenvalue weighted by Gasteiger charge is 2.00. The van der Waals surface area contributed by atoms with Gasteiger partial charge in [-0.2, -0.15) is 4.98 Å². The molecule has 16 heavy (non-hydrogen) atoms. The van der Waals surface area contributed by atoms with Crippen LogP contribution in [0.3, 0.4) is 0 Å². The van der Waals surface area contributed by atoms with Crippen LogP contribution in [0.15, 0.2) is 36.7 Å². The number of nitrogens with zero attached hydrogens (tertiary/aromatic N) is 2. The molecule has 0 aliphatic heterocycles. The van der Waals surface area contributed by atoms with Crippen LogP contribution in [0, 0.1) is 0 Å². The predicted octanol–water partition coefficient (Wildman–Crippen LogP) is 3.48. The van der Waals surface area contributed by atoms with Gasteiger partial charge in [0.25, 0.3) is 0 Å². The molecule has 4 heteroatoms. The normalized spacial score (nSPS) is 10.1. The third kappa shape index (κ3) is 2.70. The molecule has 0 unspecified atom stereocenters.